The molecule has 0 unspecified atom stereocenters. The van der Waals surface area contributed by atoms with Crippen molar-refractivity contribution in [3.63, 3.8) is 0 Å². The van der Waals surface area contributed by atoms with E-state index < -0.39 is 0 Å². The summed E-state index contributed by atoms with van der Waals surface area (Å²) in [6, 6.07) is 1.82. The molecule has 0 aliphatic carbocycles. The second-order valence-corrected chi connectivity index (χ2v) is 3.49. The zero-order chi connectivity index (χ0) is 12.1. The first-order chi connectivity index (χ1) is 8.35. The highest BCUT2D eigenvalue weighted by molar-refractivity contribution is 5.57. The summed E-state index contributed by atoms with van der Waals surface area (Å²) in [4.78, 5) is 8.41. The van der Waals surface area contributed by atoms with E-state index in [1.165, 1.54) is 6.33 Å². The largest absolute Gasteiger partial charge is 0.373 e. The molecule has 0 aliphatic rings. The minimum Gasteiger partial charge on any atom is -0.373 e. The molecule has 0 radical (unpaired) electrons. The molecule has 2 N–H and O–H groups in total. The fourth-order valence-electron chi connectivity index (χ4n) is 1.62. The summed E-state index contributed by atoms with van der Waals surface area (Å²) in [5.74, 6) is 2.45. The van der Waals surface area contributed by atoms with Crippen LogP contribution in [0.3, 0.4) is 0 Å². The normalized spacial score (nSPS) is 10.2. The number of nitrogens with one attached hydrogen (secondary N) is 2. The van der Waals surface area contributed by atoms with Crippen LogP contribution in [-0.2, 0) is 13.0 Å². The van der Waals surface area contributed by atoms with Gasteiger partial charge in [0.25, 0.3) is 0 Å². The SMILES string of the molecule is CCc1c(NC)ncnc1NCc1ccno1. The summed E-state index contributed by atoms with van der Waals surface area (Å²) in [7, 11) is 1.85. The topological polar surface area (TPSA) is 75.9 Å². The maximum Gasteiger partial charge on any atom is 0.155 e. The Labute approximate surface area is 99.5 Å². The van der Waals surface area contributed by atoms with Crippen molar-refractivity contribution in [3.8, 4) is 0 Å². The summed E-state index contributed by atoms with van der Waals surface area (Å²) >= 11 is 0. The number of aromatic nitrogens is 3. The molecule has 0 spiro atoms. The van der Waals surface area contributed by atoms with Crippen molar-refractivity contribution in [3.05, 3.63) is 29.9 Å². The molecular weight excluding hydrogens is 218 g/mol. The van der Waals surface area contributed by atoms with Crippen LogP contribution >= 0.6 is 0 Å². The molecular formula is C11H15N5O. The molecule has 0 saturated heterocycles. The zero-order valence-corrected chi connectivity index (χ0v) is 9.90. The maximum atomic E-state index is 5.01. The van der Waals surface area contributed by atoms with Gasteiger partial charge in [0, 0.05) is 18.7 Å². The summed E-state index contributed by atoms with van der Waals surface area (Å²) in [6.45, 7) is 2.63. The third-order valence-electron chi connectivity index (χ3n) is 2.46. The van der Waals surface area contributed by atoms with Crippen LogP contribution in [0.4, 0.5) is 11.6 Å². The molecule has 0 amide bonds. The van der Waals surface area contributed by atoms with Gasteiger partial charge in [-0.1, -0.05) is 12.1 Å². The maximum absolute atomic E-state index is 5.01. The minimum atomic E-state index is 0.563. The highest BCUT2D eigenvalue weighted by Gasteiger charge is 2.08. The van der Waals surface area contributed by atoms with Crippen molar-refractivity contribution in [2.75, 3.05) is 17.7 Å². The zero-order valence-electron chi connectivity index (χ0n) is 9.90. The molecule has 2 aromatic heterocycles. The van der Waals surface area contributed by atoms with Crippen LogP contribution in [0.5, 0.6) is 0 Å². The van der Waals surface area contributed by atoms with Crippen molar-refractivity contribution < 1.29 is 4.52 Å². The molecule has 0 aliphatic heterocycles. The Kier molecular flexibility index (Phi) is 3.54. The summed E-state index contributed by atoms with van der Waals surface area (Å²) in [5, 5.41) is 9.92. The van der Waals surface area contributed by atoms with Crippen molar-refractivity contribution in [1.29, 1.82) is 0 Å². The lowest BCUT2D eigenvalue weighted by Gasteiger charge is -2.11. The summed E-state index contributed by atoms with van der Waals surface area (Å²) < 4.78 is 5.01. The lowest BCUT2D eigenvalue weighted by Crippen LogP contribution is -2.07. The van der Waals surface area contributed by atoms with Crippen LogP contribution < -0.4 is 10.6 Å². The van der Waals surface area contributed by atoms with Crippen LogP contribution in [0, 0.1) is 0 Å². The predicted octanol–water partition coefficient (Wildman–Crippen LogP) is 1.68. The Morgan fingerprint density at radius 2 is 2.12 bits per heavy atom. The first-order valence-electron chi connectivity index (χ1n) is 5.50. The number of hydrogen-bond donors (Lipinski definition) is 2. The first kappa shape index (κ1) is 11.4. The van der Waals surface area contributed by atoms with Gasteiger partial charge >= 0.3 is 0 Å². The van der Waals surface area contributed by atoms with Crippen LogP contribution in [0.15, 0.2) is 23.1 Å². The van der Waals surface area contributed by atoms with Crippen LogP contribution in [0.1, 0.15) is 18.2 Å². The van der Waals surface area contributed by atoms with Crippen LogP contribution in [0.25, 0.3) is 0 Å². The van der Waals surface area contributed by atoms with Crippen molar-refractivity contribution in [2.24, 2.45) is 0 Å². The molecule has 17 heavy (non-hydrogen) atoms. The van der Waals surface area contributed by atoms with Crippen molar-refractivity contribution in [1.82, 2.24) is 15.1 Å². The lowest BCUT2D eigenvalue weighted by atomic mass is 10.2. The third kappa shape index (κ3) is 2.52. The van der Waals surface area contributed by atoms with Gasteiger partial charge in [0.2, 0.25) is 0 Å². The van der Waals surface area contributed by atoms with E-state index >= 15 is 0 Å². The van der Waals surface area contributed by atoms with Gasteiger partial charge in [-0.2, -0.15) is 0 Å². The standard InChI is InChI=1S/C11H15N5O/c1-3-9-10(12-2)14-7-15-11(9)13-6-8-4-5-16-17-8/h4-5,7H,3,6H2,1-2H3,(H2,12,13,14,15). The van der Waals surface area contributed by atoms with Gasteiger partial charge in [-0.15, -0.1) is 0 Å². The van der Waals surface area contributed by atoms with Gasteiger partial charge in [-0.3, -0.25) is 0 Å². The molecule has 0 aromatic carbocycles. The number of rotatable bonds is 5. The minimum absolute atomic E-state index is 0.563. The van der Waals surface area contributed by atoms with E-state index in [0.717, 1.165) is 29.4 Å². The van der Waals surface area contributed by atoms with E-state index in [1.807, 2.05) is 13.1 Å². The quantitative estimate of drug-likeness (QED) is 0.818. The smallest absolute Gasteiger partial charge is 0.155 e. The Morgan fingerprint density at radius 3 is 2.76 bits per heavy atom. The van der Waals surface area contributed by atoms with Gasteiger partial charge in [0.15, 0.2) is 5.76 Å². The van der Waals surface area contributed by atoms with Crippen LogP contribution in [0.2, 0.25) is 0 Å². The fourth-order valence-corrected chi connectivity index (χ4v) is 1.62. The van der Waals surface area contributed by atoms with E-state index in [2.05, 4.69) is 32.7 Å². The summed E-state index contributed by atoms with van der Waals surface area (Å²) in [5.41, 5.74) is 1.06. The average molecular weight is 233 g/mol. The molecule has 2 heterocycles. The molecule has 0 bridgehead atoms. The van der Waals surface area contributed by atoms with Crippen LogP contribution in [-0.4, -0.2) is 22.2 Å². The Hall–Kier alpha value is -2.11. The molecule has 90 valence electrons. The van der Waals surface area contributed by atoms with E-state index in [-0.39, 0.29) is 0 Å². The lowest BCUT2D eigenvalue weighted by molar-refractivity contribution is 0.388. The van der Waals surface area contributed by atoms with E-state index in [4.69, 9.17) is 4.52 Å². The second kappa shape index (κ2) is 5.29. The number of hydrogen-bond acceptors (Lipinski definition) is 6. The molecule has 2 rings (SSSR count). The van der Waals surface area contributed by atoms with Gasteiger partial charge in [-0.05, 0) is 6.42 Å². The number of anilines is 2. The highest BCUT2D eigenvalue weighted by atomic mass is 16.5. The van der Waals surface area contributed by atoms with Crippen molar-refractivity contribution in [2.45, 2.75) is 19.9 Å². The average Bonchev–Trinajstić information content (AvgIpc) is 2.88. The van der Waals surface area contributed by atoms with E-state index in [9.17, 15) is 0 Å². The van der Waals surface area contributed by atoms with Gasteiger partial charge in [0.05, 0.1) is 12.7 Å². The Morgan fingerprint density at radius 1 is 1.29 bits per heavy atom. The molecule has 6 nitrogen and oxygen atoms in total. The third-order valence-corrected chi connectivity index (χ3v) is 2.46. The van der Waals surface area contributed by atoms with E-state index in [0.29, 0.717) is 6.54 Å². The fraction of sp³-hybridized carbons (Fsp3) is 0.364. The molecule has 2 aromatic rings. The first-order valence-corrected chi connectivity index (χ1v) is 5.50. The predicted molar refractivity (Wildman–Crippen MR) is 64.8 cm³/mol. The van der Waals surface area contributed by atoms with Gasteiger partial charge < -0.3 is 15.2 Å². The van der Waals surface area contributed by atoms with Crippen molar-refractivity contribution >= 4 is 11.6 Å². The molecule has 0 atom stereocenters. The van der Waals surface area contributed by atoms with Gasteiger partial charge in [-0.25, -0.2) is 9.97 Å². The molecule has 6 heteroatoms. The molecule has 0 saturated carbocycles. The van der Waals surface area contributed by atoms with E-state index in [1.54, 1.807) is 6.20 Å². The van der Waals surface area contributed by atoms with Gasteiger partial charge in [0.1, 0.15) is 18.0 Å². The Bertz CT molecular complexity index is 469. The highest BCUT2D eigenvalue weighted by Crippen LogP contribution is 2.20. The Balaban J connectivity index is 2.14. The molecule has 0 fully saturated rings. The summed E-state index contributed by atoms with van der Waals surface area (Å²) in [6.07, 6.45) is 4.01. The monoisotopic (exact) mass is 233 g/mol. The second-order valence-electron chi connectivity index (χ2n) is 3.49. The number of nitrogens with zero attached hydrogens (tertiary/aromatic N) is 3.